The van der Waals surface area contributed by atoms with Crippen molar-refractivity contribution >= 4 is 49.2 Å². The number of alkyl halides is 1. The summed E-state index contributed by atoms with van der Waals surface area (Å²) in [5, 5.41) is 1.08. The van der Waals surface area contributed by atoms with Crippen LogP contribution in [0.3, 0.4) is 0 Å². The summed E-state index contributed by atoms with van der Waals surface area (Å²) in [5.41, 5.74) is 0. The Balaban J connectivity index is 3.07. The zero-order valence-electron chi connectivity index (χ0n) is 10.3. The number of benzene rings is 1. The molecule has 0 heterocycles. The van der Waals surface area contributed by atoms with Crippen LogP contribution in [0.5, 0.6) is 0 Å². The zero-order chi connectivity index (χ0) is 14.5. The summed E-state index contributed by atoms with van der Waals surface area (Å²) in [6, 6.07) is 4.27. The van der Waals surface area contributed by atoms with Crippen LogP contribution in [0.15, 0.2) is 23.1 Å². The second-order valence-electron chi connectivity index (χ2n) is 3.66. The first kappa shape index (κ1) is 17.2. The van der Waals surface area contributed by atoms with Crippen molar-refractivity contribution in [2.24, 2.45) is 0 Å². The number of rotatable bonds is 7. The minimum Gasteiger partial charge on any atom is -0.383 e. The highest BCUT2D eigenvalue weighted by Crippen LogP contribution is 2.26. The van der Waals surface area contributed by atoms with Crippen LogP contribution >= 0.6 is 39.1 Å². The van der Waals surface area contributed by atoms with Gasteiger partial charge in [0.05, 0.1) is 21.5 Å². The van der Waals surface area contributed by atoms with Gasteiger partial charge in [0.25, 0.3) is 0 Å². The number of methoxy groups -OCH3 is 1. The van der Waals surface area contributed by atoms with Gasteiger partial charge in [0.2, 0.25) is 10.0 Å². The highest BCUT2D eigenvalue weighted by atomic mass is 79.9. The number of nitrogens with zero attached hydrogens (tertiary/aromatic N) is 1. The average molecular weight is 391 g/mol. The molecule has 0 spiro atoms. The first-order valence-electron chi connectivity index (χ1n) is 5.43. The Bertz CT molecular complexity index is 525. The van der Waals surface area contributed by atoms with Crippen LogP contribution in [-0.4, -0.2) is 44.9 Å². The molecular formula is C11H14BrCl2NO3S. The molecule has 0 saturated carbocycles. The molecule has 0 atom stereocenters. The van der Waals surface area contributed by atoms with Gasteiger partial charge in [-0.3, -0.25) is 0 Å². The van der Waals surface area contributed by atoms with E-state index in [1.807, 2.05) is 0 Å². The fourth-order valence-corrected chi connectivity index (χ4v) is 3.90. The molecular weight excluding hydrogens is 377 g/mol. The van der Waals surface area contributed by atoms with E-state index in [2.05, 4.69) is 15.9 Å². The van der Waals surface area contributed by atoms with Crippen molar-refractivity contribution in [2.45, 2.75) is 4.90 Å². The van der Waals surface area contributed by atoms with Crippen molar-refractivity contribution in [3.63, 3.8) is 0 Å². The molecule has 19 heavy (non-hydrogen) atoms. The zero-order valence-corrected chi connectivity index (χ0v) is 14.2. The van der Waals surface area contributed by atoms with Crippen molar-refractivity contribution < 1.29 is 13.2 Å². The minimum absolute atomic E-state index is 0.124. The van der Waals surface area contributed by atoms with Gasteiger partial charge in [-0.05, 0) is 18.2 Å². The van der Waals surface area contributed by atoms with Crippen LogP contribution in [0.25, 0.3) is 0 Å². The maximum Gasteiger partial charge on any atom is 0.243 e. The van der Waals surface area contributed by atoms with Gasteiger partial charge in [0, 0.05) is 25.5 Å². The standard InChI is InChI=1S/C11H14BrCl2NO3S/c1-18-7-6-15(5-4-12)19(16,17)9-2-3-10(13)11(14)8-9/h2-3,8H,4-7H2,1H3. The van der Waals surface area contributed by atoms with E-state index in [0.717, 1.165) is 0 Å². The second-order valence-corrected chi connectivity index (χ2v) is 7.21. The van der Waals surface area contributed by atoms with Crippen molar-refractivity contribution in [1.82, 2.24) is 4.31 Å². The molecule has 0 aliphatic heterocycles. The summed E-state index contributed by atoms with van der Waals surface area (Å²) in [7, 11) is -2.07. The molecule has 8 heteroatoms. The number of sulfonamides is 1. The van der Waals surface area contributed by atoms with Gasteiger partial charge in [-0.2, -0.15) is 4.31 Å². The van der Waals surface area contributed by atoms with E-state index in [1.165, 1.54) is 29.6 Å². The lowest BCUT2D eigenvalue weighted by Gasteiger charge is -2.21. The quantitative estimate of drug-likeness (QED) is 0.672. The van der Waals surface area contributed by atoms with E-state index in [0.29, 0.717) is 23.5 Å². The molecule has 0 aliphatic rings. The Kier molecular flexibility index (Phi) is 7.07. The van der Waals surface area contributed by atoms with Gasteiger partial charge in [0.15, 0.2) is 0 Å². The predicted octanol–water partition coefficient (Wildman–Crippen LogP) is 3.03. The number of halogens is 3. The molecule has 4 nitrogen and oxygen atoms in total. The Morgan fingerprint density at radius 1 is 1.26 bits per heavy atom. The fourth-order valence-electron chi connectivity index (χ4n) is 1.43. The topological polar surface area (TPSA) is 46.6 Å². The Labute approximate surface area is 131 Å². The van der Waals surface area contributed by atoms with E-state index >= 15 is 0 Å². The van der Waals surface area contributed by atoms with Crippen LogP contribution in [0.4, 0.5) is 0 Å². The largest absolute Gasteiger partial charge is 0.383 e. The molecule has 0 radical (unpaired) electrons. The van der Waals surface area contributed by atoms with Crippen molar-refractivity contribution in [3.05, 3.63) is 28.2 Å². The molecule has 1 aromatic rings. The van der Waals surface area contributed by atoms with Crippen molar-refractivity contribution in [3.8, 4) is 0 Å². The Morgan fingerprint density at radius 2 is 1.95 bits per heavy atom. The normalized spacial score (nSPS) is 12.1. The lowest BCUT2D eigenvalue weighted by atomic mass is 10.4. The second kappa shape index (κ2) is 7.81. The van der Waals surface area contributed by atoms with E-state index in [1.54, 1.807) is 0 Å². The van der Waals surface area contributed by atoms with Crippen LogP contribution in [0.2, 0.25) is 10.0 Å². The summed E-state index contributed by atoms with van der Waals surface area (Å²) in [6.07, 6.45) is 0. The molecule has 0 aromatic heterocycles. The molecule has 0 bridgehead atoms. The van der Waals surface area contributed by atoms with Crippen molar-refractivity contribution in [2.75, 3.05) is 32.1 Å². The highest BCUT2D eigenvalue weighted by Gasteiger charge is 2.24. The van der Waals surface area contributed by atoms with Crippen LogP contribution < -0.4 is 0 Å². The minimum atomic E-state index is -3.59. The SMILES string of the molecule is COCCN(CCBr)S(=O)(=O)c1ccc(Cl)c(Cl)c1. The summed E-state index contributed by atoms with van der Waals surface area (Å²) in [6.45, 7) is 0.962. The van der Waals surface area contributed by atoms with Gasteiger partial charge >= 0.3 is 0 Å². The Morgan fingerprint density at radius 3 is 2.47 bits per heavy atom. The van der Waals surface area contributed by atoms with E-state index in [-0.39, 0.29) is 16.5 Å². The van der Waals surface area contributed by atoms with Gasteiger partial charge in [-0.15, -0.1) is 0 Å². The molecule has 0 fully saturated rings. The number of ether oxygens (including phenoxy) is 1. The molecule has 0 amide bonds. The molecule has 108 valence electrons. The van der Waals surface area contributed by atoms with Gasteiger partial charge in [-0.1, -0.05) is 39.1 Å². The first-order chi connectivity index (χ1) is 8.93. The average Bonchev–Trinajstić information content (AvgIpc) is 2.37. The molecule has 0 N–H and O–H groups in total. The Hall–Kier alpha value is 0.150. The first-order valence-corrected chi connectivity index (χ1v) is 8.75. The third kappa shape index (κ3) is 4.58. The molecule has 0 saturated heterocycles. The predicted molar refractivity (Wildman–Crippen MR) is 80.9 cm³/mol. The summed E-state index contributed by atoms with van der Waals surface area (Å²) >= 11 is 14.9. The highest BCUT2D eigenvalue weighted by molar-refractivity contribution is 9.09. The van der Waals surface area contributed by atoms with E-state index in [4.69, 9.17) is 27.9 Å². The molecule has 0 aliphatic carbocycles. The monoisotopic (exact) mass is 389 g/mol. The number of hydrogen-bond donors (Lipinski definition) is 0. The lowest BCUT2D eigenvalue weighted by molar-refractivity contribution is 0.181. The van der Waals surface area contributed by atoms with Crippen molar-refractivity contribution in [1.29, 1.82) is 0 Å². The summed E-state index contributed by atoms with van der Waals surface area (Å²) < 4.78 is 31.1. The third-order valence-corrected chi connectivity index (χ3v) is 5.40. The van der Waals surface area contributed by atoms with Gasteiger partial charge in [0.1, 0.15) is 0 Å². The van der Waals surface area contributed by atoms with E-state index < -0.39 is 10.0 Å². The smallest absolute Gasteiger partial charge is 0.243 e. The van der Waals surface area contributed by atoms with Gasteiger partial charge < -0.3 is 4.74 Å². The van der Waals surface area contributed by atoms with E-state index in [9.17, 15) is 8.42 Å². The summed E-state index contributed by atoms with van der Waals surface area (Å²) in [4.78, 5) is 0.124. The van der Waals surface area contributed by atoms with Gasteiger partial charge in [-0.25, -0.2) is 8.42 Å². The molecule has 1 aromatic carbocycles. The maximum absolute atomic E-state index is 12.4. The van der Waals surface area contributed by atoms with Crippen LogP contribution in [0.1, 0.15) is 0 Å². The summed E-state index contributed by atoms with van der Waals surface area (Å²) in [5.74, 6) is 0. The fraction of sp³-hybridized carbons (Fsp3) is 0.455. The number of hydrogen-bond acceptors (Lipinski definition) is 3. The maximum atomic E-state index is 12.4. The third-order valence-electron chi connectivity index (χ3n) is 2.41. The van der Waals surface area contributed by atoms with Crippen LogP contribution in [-0.2, 0) is 14.8 Å². The lowest BCUT2D eigenvalue weighted by Crippen LogP contribution is -2.35. The molecule has 0 unspecified atom stereocenters. The molecule has 1 rings (SSSR count). The van der Waals surface area contributed by atoms with Crippen LogP contribution in [0, 0.1) is 0 Å².